The topological polar surface area (TPSA) is 55.6 Å². The lowest BCUT2D eigenvalue weighted by Gasteiger charge is -2.18. The van der Waals surface area contributed by atoms with E-state index in [0.29, 0.717) is 21.5 Å². The summed E-state index contributed by atoms with van der Waals surface area (Å²) in [6.07, 6.45) is 0. The summed E-state index contributed by atoms with van der Waals surface area (Å²) in [6, 6.07) is 12.0. The smallest absolute Gasteiger partial charge is 0.264 e. The van der Waals surface area contributed by atoms with Crippen LogP contribution in [0.15, 0.2) is 42.5 Å². The normalized spacial score (nSPS) is 10.2. The number of likely N-dealkylation sites (N-methyl/N-ethyl adjacent to an activating group) is 1. The first-order valence-corrected chi connectivity index (χ1v) is 6.93. The molecule has 0 aromatic heterocycles. The van der Waals surface area contributed by atoms with E-state index in [1.807, 2.05) is 0 Å². The highest BCUT2D eigenvalue weighted by Crippen LogP contribution is 2.32. The van der Waals surface area contributed by atoms with Gasteiger partial charge in [-0.05, 0) is 36.4 Å². The van der Waals surface area contributed by atoms with Crippen molar-refractivity contribution in [1.82, 2.24) is 0 Å². The highest BCUT2D eigenvalue weighted by Gasteiger charge is 2.14. The van der Waals surface area contributed by atoms with Crippen LogP contribution >= 0.6 is 23.2 Å². The molecule has 21 heavy (non-hydrogen) atoms. The van der Waals surface area contributed by atoms with Gasteiger partial charge in [-0.1, -0.05) is 29.3 Å². The van der Waals surface area contributed by atoms with E-state index in [-0.39, 0.29) is 12.5 Å². The van der Waals surface area contributed by atoms with Crippen LogP contribution in [0.25, 0.3) is 0 Å². The van der Waals surface area contributed by atoms with Gasteiger partial charge in [0.1, 0.15) is 0 Å². The van der Waals surface area contributed by atoms with Gasteiger partial charge in [-0.25, -0.2) is 0 Å². The van der Waals surface area contributed by atoms with Crippen molar-refractivity contribution in [3.05, 3.63) is 52.5 Å². The molecule has 0 aliphatic heterocycles. The number of hydrogen-bond donors (Lipinski definition) is 1. The molecule has 4 nitrogen and oxygen atoms in total. The van der Waals surface area contributed by atoms with Crippen molar-refractivity contribution in [3.8, 4) is 5.75 Å². The lowest BCUT2D eigenvalue weighted by molar-refractivity contribution is -0.120. The molecular formula is C15H14Cl2N2O2. The molecule has 0 fully saturated rings. The van der Waals surface area contributed by atoms with Crippen molar-refractivity contribution < 1.29 is 9.53 Å². The largest absolute Gasteiger partial charge is 0.481 e. The molecule has 0 heterocycles. The average molecular weight is 325 g/mol. The van der Waals surface area contributed by atoms with Crippen molar-refractivity contribution in [1.29, 1.82) is 0 Å². The molecule has 2 aromatic rings. The molecule has 1 amide bonds. The van der Waals surface area contributed by atoms with Crippen molar-refractivity contribution in [2.24, 2.45) is 0 Å². The number of carbonyl (C=O) groups is 1. The number of nitrogen functional groups attached to an aromatic ring is 1. The number of carbonyl (C=O) groups excluding carboxylic acids is 1. The summed E-state index contributed by atoms with van der Waals surface area (Å²) in [4.78, 5) is 13.6. The zero-order valence-corrected chi connectivity index (χ0v) is 12.9. The Balaban J connectivity index is 2.03. The summed E-state index contributed by atoms with van der Waals surface area (Å²) in [5.41, 5.74) is 6.98. The Hall–Kier alpha value is -1.91. The van der Waals surface area contributed by atoms with Crippen molar-refractivity contribution >= 4 is 40.5 Å². The molecule has 6 heteroatoms. The molecule has 0 saturated carbocycles. The van der Waals surface area contributed by atoms with Gasteiger partial charge in [0.05, 0.1) is 10.0 Å². The number of para-hydroxylation sites is 1. The summed E-state index contributed by atoms with van der Waals surface area (Å²) in [5, 5.41) is 0.732. The first-order valence-electron chi connectivity index (χ1n) is 6.18. The first kappa shape index (κ1) is 15.5. The van der Waals surface area contributed by atoms with Crippen LogP contribution in [0.1, 0.15) is 0 Å². The van der Waals surface area contributed by atoms with E-state index in [1.165, 1.54) is 4.90 Å². The molecule has 2 aromatic carbocycles. The Morgan fingerprint density at radius 1 is 1.14 bits per heavy atom. The molecule has 0 saturated heterocycles. The third kappa shape index (κ3) is 3.80. The summed E-state index contributed by atoms with van der Waals surface area (Å²) >= 11 is 12.0. The summed E-state index contributed by atoms with van der Waals surface area (Å²) in [5.74, 6) is 0.0793. The highest BCUT2D eigenvalue weighted by molar-refractivity contribution is 6.37. The minimum Gasteiger partial charge on any atom is -0.481 e. The monoisotopic (exact) mass is 324 g/mol. The Kier molecular flexibility index (Phi) is 4.94. The van der Waals surface area contributed by atoms with Gasteiger partial charge in [0.15, 0.2) is 12.4 Å². The number of rotatable bonds is 4. The van der Waals surface area contributed by atoms with E-state index < -0.39 is 0 Å². The fourth-order valence-corrected chi connectivity index (χ4v) is 2.20. The zero-order valence-electron chi connectivity index (χ0n) is 11.3. The van der Waals surface area contributed by atoms with Gasteiger partial charge >= 0.3 is 0 Å². The summed E-state index contributed by atoms with van der Waals surface area (Å²) in [7, 11) is 1.66. The molecule has 2 rings (SSSR count). The van der Waals surface area contributed by atoms with Gasteiger partial charge in [0.2, 0.25) is 0 Å². The summed E-state index contributed by atoms with van der Waals surface area (Å²) in [6.45, 7) is -0.162. The van der Waals surface area contributed by atoms with Crippen LogP contribution in [0.3, 0.4) is 0 Å². The van der Waals surface area contributed by atoms with Gasteiger partial charge in [-0.15, -0.1) is 0 Å². The molecule has 0 spiro atoms. The van der Waals surface area contributed by atoms with E-state index in [9.17, 15) is 4.79 Å². The lowest BCUT2D eigenvalue weighted by atomic mass is 10.2. The SMILES string of the molecule is CN(C(=O)COc1c(Cl)cccc1Cl)c1ccc(N)cc1. The van der Waals surface area contributed by atoms with Gasteiger partial charge < -0.3 is 15.4 Å². The Bertz CT molecular complexity index is 624. The lowest BCUT2D eigenvalue weighted by Crippen LogP contribution is -2.31. The van der Waals surface area contributed by atoms with E-state index in [4.69, 9.17) is 33.7 Å². The van der Waals surface area contributed by atoms with Crippen LogP contribution in [0.2, 0.25) is 10.0 Å². The van der Waals surface area contributed by atoms with Gasteiger partial charge in [0, 0.05) is 18.4 Å². The number of nitrogens with zero attached hydrogens (tertiary/aromatic N) is 1. The number of nitrogens with two attached hydrogens (primary N) is 1. The van der Waals surface area contributed by atoms with Crippen molar-refractivity contribution in [3.63, 3.8) is 0 Å². The second kappa shape index (κ2) is 6.70. The molecule has 0 bridgehead atoms. The number of benzene rings is 2. The third-order valence-corrected chi connectivity index (χ3v) is 3.51. The van der Waals surface area contributed by atoms with Gasteiger partial charge in [-0.3, -0.25) is 4.79 Å². The van der Waals surface area contributed by atoms with E-state index >= 15 is 0 Å². The maximum Gasteiger partial charge on any atom is 0.264 e. The van der Waals surface area contributed by atoms with Crippen LogP contribution < -0.4 is 15.4 Å². The molecule has 0 atom stereocenters. The predicted molar refractivity (Wildman–Crippen MR) is 86.2 cm³/mol. The number of ether oxygens (including phenoxy) is 1. The van der Waals surface area contributed by atoms with Crippen LogP contribution in [-0.4, -0.2) is 19.6 Å². The van der Waals surface area contributed by atoms with E-state index in [1.54, 1.807) is 49.5 Å². The quantitative estimate of drug-likeness (QED) is 0.874. The van der Waals surface area contributed by atoms with Crippen molar-refractivity contribution in [2.45, 2.75) is 0 Å². The summed E-state index contributed by atoms with van der Waals surface area (Å²) < 4.78 is 5.42. The van der Waals surface area contributed by atoms with Crippen LogP contribution in [0.5, 0.6) is 5.75 Å². The average Bonchev–Trinajstić information content (AvgIpc) is 2.46. The maximum absolute atomic E-state index is 12.1. The second-order valence-corrected chi connectivity index (χ2v) is 5.20. The fraction of sp³-hybridized carbons (Fsp3) is 0.133. The Morgan fingerprint density at radius 3 is 2.29 bits per heavy atom. The van der Waals surface area contributed by atoms with Gasteiger partial charge in [-0.2, -0.15) is 0 Å². The minimum atomic E-state index is -0.226. The molecule has 0 aliphatic carbocycles. The van der Waals surface area contributed by atoms with Gasteiger partial charge in [0.25, 0.3) is 5.91 Å². The molecule has 110 valence electrons. The molecular weight excluding hydrogens is 311 g/mol. The second-order valence-electron chi connectivity index (χ2n) is 4.38. The Morgan fingerprint density at radius 2 is 1.71 bits per heavy atom. The van der Waals surface area contributed by atoms with E-state index in [0.717, 1.165) is 5.69 Å². The third-order valence-electron chi connectivity index (χ3n) is 2.91. The molecule has 0 radical (unpaired) electrons. The van der Waals surface area contributed by atoms with Crippen LogP contribution in [0, 0.1) is 0 Å². The Labute approximate surface area is 133 Å². The number of hydrogen-bond acceptors (Lipinski definition) is 3. The molecule has 0 aliphatic rings. The number of anilines is 2. The fourth-order valence-electron chi connectivity index (χ4n) is 1.69. The zero-order chi connectivity index (χ0) is 15.4. The molecule has 2 N–H and O–H groups in total. The molecule has 0 unspecified atom stereocenters. The highest BCUT2D eigenvalue weighted by atomic mass is 35.5. The van der Waals surface area contributed by atoms with Crippen LogP contribution in [0.4, 0.5) is 11.4 Å². The maximum atomic E-state index is 12.1. The van der Waals surface area contributed by atoms with E-state index in [2.05, 4.69) is 0 Å². The minimum absolute atomic E-state index is 0.162. The standard InChI is InChI=1S/C15H14Cl2N2O2/c1-19(11-7-5-10(18)6-8-11)14(20)9-21-15-12(16)3-2-4-13(15)17/h2-8H,9,18H2,1H3. The van der Waals surface area contributed by atoms with Crippen LogP contribution in [-0.2, 0) is 4.79 Å². The number of halogens is 2. The predicted octanol–water partition coefficient (Wildman–Crippen LogP) is 3.62. The first-order chi connectivity index (χ1) is 9.99. The van der Waals surface area contributed by atoms with Crippen molar-refractivity contribution in [2.75, 3.05) is 24.3 Å². The number of amides is 1.